The zero-order valence-electron chi connectivity index (χ0n) is 10.4. The smallest absolute Gasteiger partial charge is 0.217 e. The number of halogens is 1. The van der Waals surface area contributed by atoms with E-state index >= 15 is 0 Å². The van der Waals surface area contributed by atoms with Gasteiger partial charge in [0.15, 0.2) is 0 Å². The normalized spacial score (nSPS) is 15.3. The van der Waals surface area contributed by atoms with Crippen molar-refractivity contribution in [3.05, 3.63) is 22.3 Å². The summed E-state index contributed by atoms with van der Waals surface area (Å²) < 4.78 is 6.77. The summed E-state index contributed by atoms with van der Waals surface area (Å²) in [6.45, 7) is 5.87. The third-order valence-electron chi connectivity index (χ3n) is 2.75. The molecular weight excluding hydrogens is 280 g/mol. The molecule has 1 heterocycles. The average molecular weight is 299 g/mol. The predicted molar refractivity (Wildman–Crippen MR) is 72.1 cm³/mol. The lowest BCUT2D eigenvalue weighted by molar-refractivity contribution is 0.284. The van der Waals surface area contributed by atoms with Crippen LogP contribution in [0, 0.1) is 5.92 Å². The number of nitrogens with one attached hydrogen (secondary N) is 1. The molecule has 0 aromatic carbocycles. The Balaban J connectivity index is 2.00. The van der Waals surface area contributed by atoms with Gasteiger partial charge in [0.05, 0.1) is 6.61 Å². The number of pyridine rings is 1. The van der Waals surface area contributed by atoms with Gasteiger partial charge in [0.2, 0.25) is 5.88 Å². The summed E-state index contributed by atoms with van der Waals surface area (Å²) in [6, 6.07) is 2.54. The standard InChI is InChI=1S/C13H19BrN2O/c1-9(2)15-6-11-5-12(14)7-16-13(11)17-8-10-3-4-10/h5,7,9-10,15H,3-4,6,8H2,1-2H3. The molecule has 1 aromatic rings. The molecule has 0 amide bonds. The first kappa shape index (κ1) is 12.8. The first-order valence-corrected chi connectivity index (χ1v) is 6.95. The molecule has 0 unspecified atom stereocenters. The fourth-order valence-electron chi connectivity index (χ4n) is 1.52. The first-order valence-electron chi connectivity index (χ1n) is 6.15. The molecule has 4 heteroatoms. The molecule has 0 aliphatic heterocycles. The molecule has 1 aromatic heterocycles. The predicted octanol–water partition coefficient (Wildman–Crippen LogP) is 3.13. The number of rotatable bonds is 6. The van der Waals surface area contributed by atoms with Crippen LogP contribution in [0.4, 0.5) is 0 Å². The van der Waals surface area contributed by atoms with Crippen molar-refractivity contribution in [2.75, 3.05) is 6.61 Å². The Hall–Kier alpha value is -0.610. The van der Waals surface area contributed by atoms with Crippen LogP contribution in [0.2, 0.25) is 0 Å². The van der Waals surface area contributed by atoms with Crippen molar-refractivity contribution in [2.24, 2.45) is 5.92 Å². The van der Waals surface area contributed by atoms with Crippen molar-refractivity contribution in [1.82, 2.24) is 10.3 Å². The highest BCUT2D eigenvalue weighted by atomic mass is 79.9. The molecule has 1 aliphatic rings. The summed E-state index contributed by atoms with van der Waals surface area (Å²) in [6.07, 6.45) is 4.40. The van der Waals surface area contributed by atoms with Gasteiger partial charge in [0.25, 0.3) is 0 Å². The van der Waals surface area contributed by atoms with Crippen molar-refractivity contribution in [3.63, 3.8) is 0 Å². The molecular formula is C13H19BrN2O. The molecule has 0 bridgehead atoms. The monoisotopic (exact) mass is 298 g/mol. The van der Waals surface area contributed by atoms with Crippen molar-refractivity contribution in [2.45, 2.75) is 39.3 Å². The Kier molecular flexibility index (Phi) is 4.40. The van der Waals surface area contributed by atoms with E-state index in [0.717, 1.165) is 35.0 Å². The number of hydrogen-bond acceptors (Lipinski definition) is 3. The molecule has 0 atom stereocenters. The Labute approximate surface area is 111 Å². The third kappa shape index (κ3) is 4.28. The van der Waals surface area contributed by atoms with E-state index in [0.29, 0.717) is 6.04 Å². The highest BCUT2D eigenvalue weighted by Crippen LogP contribution is 2.30. The highest BCUT2D eigenvalue weighted by Gasteiger charge is 2.22. The van der Waals surface area contributed by atoms with Gasteiger partial charge in [-0.25, -0.2) is 4.98 Å². The molecule has 2 rings (SSSR count). The van der Waals surface area contributed by atoms with Crippen LogP contribution >= 0.6 is 15.9 Å². The summed E-state index contributed by atoms with van der Waals surface area (Å²) in [4.78, 5) is 4.35. The Bertz CT molecular complexity index is 378. The molecule has 0 radical (unpaired) electrons. The Morgan fingerprint density at radius 3 is 2.94 bits per heavy atom. The average Bonchev–Trinajstić information content (AvgIpc) is 3.09. The van der Waals surface area contributed by atoms with Gasteiger partial charge in [-0.2, -0.15) is 0 Å². The minimum Gasteiger partial charge on any atom is -0.477 e. The minimum absolute atomic E-state index is 0.463. The van der Waals surface area contributed by atoms with Crippen LogP contribution in [-0.2, 0) is 6.54 Å². The molecule has 1 N–H and O–H groups in total. The number of hydrogen-bond donors (Lipinski definition) is 1. The van der Waals surface area contributed by atoms with E-state index in [1.807, 2.05) is 0 Å². The number of ether oxygens (including phenoxy) is 1. The fraction of sp³-hybridized carbons (Fsp3) is 0.615. The van der Waals surface area contributed by atoms with Crippen LogP contribution < -0.4 is 10.1 Å². The second-order valence-electron chi connectivity index (χ2n) is 4.91. The summed E-state index contributed by atoms with van der Waals surface area (Å²) >= 11 is 3.45. The van der Waals surface area contributed by atoms with E-state index in [1.54, 1.807) is 6.20 Å². The maximum absolute atomic E-state index is 5.78. The molecule has 1 aliphatic carbocycles. The molecule has 94 valence electrons. The zero-order valence-corrected chi connectivity index (χ0v) is 12.0. The van der Waals surface area contributed by atoms with Crippen molar-refractivity contribution >= 4 is 15.9 Å². The lowest BCUT2D eigenvalue weighted by Gasteiger charge is -2.13. The molecule has 1 fully saturated rings. The van der Waals surface area contributed by atoms with Gasteiger partial charge in [-0.1, -0.05) is 13.8 Å². The van der Waals surface area contributed by atoms with Crippen LogP contribution in [0.3, 0.4) is 0 Å². The SMILES string of the molecule is CC(C)NCc1cc(Br)cnc1OCC1CC1. The van der Waals surface area contributed by atoms with Crippen LogP contribution in [0.25, 0.3) is 0 Å². The van der Waals surface area contributed by atoms with Crippen LogP contribution in [0.1, 0.15) is 32.3 Å². The quantitative estimate of drug-likeness (QED) is 0.876. The topological polar surface area (TPSA) is 34.2 Å². The Morgan fingerprint density at radius 1 is 1.53 bits per heavy atom. The molecule has 0 spiro atoms. The van der Waals surface area contributed by atoms with Gasteiger partial charge in [-0.15, -0.1) is 0 Å². The van der Waals surface area contributed by atoms with Gasteiger partial charge >= 0.3 is 0 Å². The molecule has 0 saturated heterocycles. The van der Waals surface area contributed by atoms with Crippen molar-refractivity contribution < 1.29 is 4.74 Å². The van der Waals surface area contributed by atoms with Gasteiger partial charge in [-0.3, -0.25) is 0 Å². The number of nitrogens with zero attached hydrogens (tertiary/aromatic N) is 1. The largest absolute Gasteiger partial charge is 0.477 e. The van der Waals surface area contributed by atoms with Crippen LogP contribution in [-0.4, -0.2) is 17.6 Å². The van der Waals surface area contributed by atoms with Gasteiger partial charge in [0.1, 0.15) is 0 Å². The maximum atomic E-state index is 5.78. The van der Waals surface area contributed by atoms with Crippen LogP contribution in [0.15, 0.2) is 16.7 Å². The summed E-state index contributed by atoms with van der Waals surface area (Å²) in [5.41, 5.74) is 1.12. The third-order valence-corrected chi connectivity index (χ3v) is 3.18. The summed E-state index contributed by atoms with van der Waals surface area (Å²) in [7, 11) is 0. The van der Waals surface area contributed by atoms with Crippen molar-refractivity contribution in [3.8, 4) is 5.88 Å². The fourth-order valence-corrected chi connectivity index (χ4v) is 1.90. The van der Waals surface area contributed by atoms with E-state index in [2.05, 4.69) is 46.1 Å². The van der Waals surface area contributed by atoms with E-state index in [-0.39, 0.29) is 0 Å². The van der Waals surface area contributed by atoms with Crippen LogP contribution in [0.5, 0.6) is 5.88 Å². The highest BCUT2D eigenvalue weighted by molar-refractivity contribution is 9.10. The van der Waals surface area contributed by atoms with E-state index in [4.69, 9.17) is 4.74 Å². The lowest BCUT2D eigenvalue weighted by atomic mass is 10.2. The second kappa shape index (κ2) is 5.83. The van der Waals surface area contributed by atoms with E-state index in [9.17, 15) is 0 Å². The van der Waals surface area contributed by atoms with Crippen molar-refractivity contribution in [1.29, 1.82) is 0 Å². The molecule has 17 heavy (non-hydrogen) atoms. The number of aromatic nitrogens is 1. The summed E-state index contributed by atoms with van der Waals surface area (Å²) in [5, 5.41) is 3.39. The molecule has 3 nitrogen and oxygen atoms in total. The van der Waals surface area contributed by atoms with Gasteiger partial charge in [0, 0.05) is 28.8 Å². The van der Waals surface area contributed by atoms with Gasteiger partial charge < -0.3 is 10.1 Å². The zero-order chi connectivity index (χ0) is 12.3. The molecule has 1 saturated carbocycles. The van der Waals surface area contributed by atoms with Gasteiger partial charge in [-0.05, 0) is 40.8 Å². The Morgan fingerprint density at radius 2 is 2.29 bits per heavy atom. The second-order valence-corrected chi connectivity index (χ2v) is 5.82. The van der Waals surface area contributed by atoms with E-state index in [1.165, 1.54) is 12.8 Å². The minimum atomic E-state index is 0.463. The first-order chi connectivity index (χ1) is 8.15. The lowest BCUT2D eigenvalue weighted by Crippen LogP contribution is -2.22. The maximum Gasteiger partial charge on any atom is 0.217 e. The summed E-state index contributed by atoms with van der Waals surface area (Å²) in [5.74, 6) is 1.53. The van der Waals surface area contributed by atoms with E-state index < -0.39 is 0 Å².